The van der Waals surface area contributed by atoms with E-state index in [2.05, 4.69) is 4.72 Å². The van der Waals surface area contributed by atoms with Crippen molar-refractivity contribution in [2.45, 2.75) is 32.1 Å². The summed E-state index contributed by atoms with van der Waals surface area (Å²) in [5.74, 6) is 0.648. The van der Waals surface area contributed by atoms with E-state index in [1.54, 1.807) is 7.11 Å². The first-order chi connectivity index (χ1) is 7.14. The lowest BCUT2D eigenvalue weighted by Gasteiger charge is -2.21. The zero-order chi connectivity index (χ0) is 11.1. The van der Waals surface area contributed by atoms with E-state index in [1.807, 2.05) is 0 Å². The Kier molecular flexibility index (Phi) is 5.56. The Morgan fingerprint density at radius 3 is 2.53 bits per heavy atom. The number of ether oxygens (including phenoxy) is 1. The number of nitrogens with one attached hydrogen (secondary N) is 1. The fraction of sp³-hybridized carbons (Fsp3) is 1.00. The second kappa shape index (κ2) is 6.45. The number of hydrogen-bond acceptors (Lipinski definition) is 3. The van der Waals surface area contributed by atoms with Crippen LogP contribution in [-0.4, -0.2) is 34.4 Å². The van der Waals surface area contributed by atoms with E-state index >= 15 is 0 Å². The molecular weight excluding hydrogens is 214 g/mol. The number of sulfonamides is 1. The molecule has 4 nitrogen and oxygen atoms in total. The molecule has 1 saturated carbocycles. The number of hydrogen-bond donors (Lipinski definition) is 1. The fourth-order valence-electron chi connectivity index (χ4n) is 2.02. The van der Waals surface area contributed by atoms with Gasteiger partial charge < -0.3 is 4.74 Å². The molecule has 0 spiro atoms. The molecule has 0 aromatic rings. The van der Waals surface area contributed by atoms with Gasteiger partial charge in [-0.25, -0.2) is 13.1 Å². The van der Waals surface area contributed by atoms with Crippen molar-refractivity contribution in [3.8, 4) is 0 Å². The highest BCUT2D eigenvalue weighted by atomic mass is 32.2. The monoisotopic (exact) mass is 235 g/mol. The Morgan fingerprint density at radius 2 is 1.93 bits per heavy atom. The van der Waals surface area contributed by atoms with Gasteiger partial charge in [-0.2, -0.15) is 0 Å². The molecule has 0 aromatic heterocycles. The van der Waals surface area contributed by atoms with Crippen molar-refractivity contribution in [1.29, 1.82) is 0 Å². The lowest BCUT2D eigenvalue weighted by molar-refractivity contribution is 0.204. The van der Waals surface area contributed by atoms with Gasteiger partial charge in [0.25, 0.3) is 0 Å². The van der Waals surface area contributed by atoms with Gasteiger partial charge in [-0.1, -0.05) is 19.3 Å². The molecule has 0 aromatic carbocycles. The first-order valence-corrected chi connectivity index (χ1v) is 7.25. The summed E-state index contributed by atoms with van der Waals surface area (Å²) in [4.78, 5) is 0. The van der Waals surface area contributed by atoms with Crippen LogP contribution in [-0.2, 0) is 14.8 Å². The van der Waals surface area contributed by atoms with Crippen molar-refractivity contribution < 1.29 is 13.2 Å². The molecule has 1 N–H and O–H groups in total. The highest BCUT2D eigenvalue weighted by Gasteiger charge is 2.20. The SMILES string of the molecule is COCCNS(=O)(=O)CC1CCCCC1. The molecule has 0 unspecified atom stereocenters. The molecule has 0 saturated heterocycles. The van der Waals surface area contributed by atoms with E-state index in [0.29, 0.717) is 19.1 Å². The third-order valence-electron chi connectivity index (χ3n) is 2.81. The largest absolute Gasteiger partial charge is 0.383 e. The van der Waals surface area contributed by atoms with E-state index < -0.39 is 10.0 Å². The van der Waals surface area contributed by atoms with Crippen molar-refractivity contribution in [2.24, 2.45) is 5.92 Å². The molecule has 0 amide bonds. The van der Waals surface area contributed by atoms with Gasteiger partial charge in [0.05, 0.1) is 12.4 Å². The van der Waals surface area contributed by atoms with E-state index in [4.69, 9.17) is 4.74 Å². The number of methoxy groups -OCH3 is 1. The van der Waals surface area contributed by atoms with Crippen LogP contribution in [0.1, 0.15) is 32.1 Å². The van der Waals surface area contributed by atoms with Gasteiger partial charge >= 0.3 is 0 Å². The molecule has 90 valence electrons. The first-order valence-electron chi connectivity index (χ1n) is 5.60. The summed E-state index contributed by atoms with van der Waals surface area (Å²) < 4.78 is 30.6. The third kappa shape index (κ3) is 5.49. The van der Waals surface area contributed by atoms with Gasteiger partial charge in [0.2, 0.25) is 10.0 Å². The second-order valence-corrected chi connectivity index (χ2v) is 6.02. The standard InChI is InChI=1S/C10H21NO3S/c1-14-8-7-11-15(12,13)9-10-5-3-2-4-6-10/h10-11H,2-9H2,1H3. The van der Waals surface area contributed by atoms with Crippen LogP contribution in [0.15, 0.2) is 0 Å². The van der Waals surface area contributed by atoms with Crippen molar-refractivity contribution in [3.05, 3.63) is 0 Å². The summed E-state index contributed by atoms with van der Waals surface area (Å²) in [7, 11) is -1.52. The van der Waals surface area contributed by atoms with Crippen LogP contribution in [0.25, 0.3) is 0 Å². The average molecular weight is 235 g/mol. The maximum Gasteiger partial charge on any atom is 0.211 e. The fourth-order valence-corrected chi connectivity index (χ4v) is 3.49. The van der Waals surface area contributed by atoms with E-state index in [-0.39, 0.29) is 5.75 Å². The molecule has 1 rings (SSSR count). The molecule has 0 atom stereocenters. The zero-order valence-electron chi connectivity index (χ0n) is 9.37. The lowest BCUT2D eigenvalue weighted by Crippen LogP contribution is -2.32. The molecule has 15 heavy (non-hydrogen) atoms. The molecule has 1 aliphatic carbocycles. The normalized spacial score (nSPS) is 19.3. The van der Waals surface area contributed by atoms with Crippen LogP contribution >= 0.6 is 0 Å². The molecule has 1 aliphatic rings. The molecule has 0 aliphatic heterocycles. The predicted octanol–water partition coefficient (Wildman–Crippen LogP) is 1.13. The molecule has 5 heteroatoms. The Morgan fingerprint density at radius 1 is 1.27 bits per heavy atom. The smallest absolute Gasteiger partial charge is 0.211 e. The van der Waals surface area contributed by atoms with Gasteiger partial charge in [0.15, 0.2) is 0 Å². The minimum Gasteiger partial charge on any atom is -0.383 e. The van der Waals surface area contributed by atoms with Gasteiger partial charge in [0.1, 0.15) is 0 Å². The summed E-state index contributed by atoms with van der Waals surface area (Å²) in [6.45, 7) is 0.815. The summed E-state index contributed by atoms with van der Waals surface area (Å²) in [6.07, 6.45) is 5.74. The van der Waals surface area contributed by atoms with Gasteiger partial charge in [-0.15, -0.1) is 0 Å². The summed E-state index contributed by atoms with van der Waals surface area (Å²) in [5.41, 5.74) is 0. The van der Waals surface area contributed by atoms with Crippen LogP contribution in [0.3, 0.4) is 0 Å². The minimum absolute atomic E-state index is 0.288. The van der Waals surface area contributed by atoms with E-state index in [0.717, 1.165) is 12.8 Å². The molecule has 1 fully saturated rings. The minimum atomic E-state index is -3.08. The Labute approximate surface area is 92.4 Å². The second-order valence-electron chi connectivity index (χ2n) is 4.17. The molecule has 0 heterocycles. The summed E-state index contributed by atoms with van der Waals surface area (Å²) in [5, 5.41) is 0. The lowest BCUT2D eigenvalue weighted by atomic mass is 9.91. The van der Waals surface area contributed by atoms with Crippen molar-refractivity contribution in [3.63, 3.8) is 0 Å². The molecule has 0 bridgehead atoms. The highest BCUT2D eigenvalue weighted by Crippen LogP contribution is 2.24. The Balaban J connectivity index is 2.27. The molecular formula is C10H21NO3S. The van der Waals surface area contributed by atoms with Gasteiger partial charge in [-0.05, 0) is 18.8 Å². The quantitative estimate of drug-likeness (QED) is 0.702. The highest BCUT2D eigenvalue weighted by molar-refractivity contribution is 7.89. The average Bonchev–Trinajstić information content (AvgIpc) is 2.18. The van der Waals surface area contributed by atoms with E-state index in [1.165, 1.54) is 19.3 Å². The zero-order valence-corrected chi connectivity index (χ0v) is 10.2. The van der Waals surface area contributed by atoms with Gasteiger partial charge in [0, 0.05) is 13.7 Å². The summed E-state index contributed by atoms with van der Waals surface area (Å²) >= 11 is 0. The maximum atomic E-state index is 11.6. The first kappa shape index (κ1) is 12.9. The van der Waals surface area contributed by atoms with Crippen LogP contribution in [0.4, 0.5) is 0 Å². The van der Waals surface area contributed by atoms with E-state index in [9.17, 15) is 8.42 Å². The Hall–Kier alpha value is -0.130. The topological polar surface area (TPSA) is 55.4 Å². The number of rotatable bonds is 6. The van der Waals surface area contributed by atoms with Crippen molar-refractivity contribution in [2.75, 3.05) is 26.0 Å². The van der Waals surface area contributed by atoms with Gasteiger partial charge in [-0.3, -0.25) is 0 Å². The van der Waals surface area contributed by atoms with Crippen molar-refractivity contribution >= 4 is 10.0 Å². The Bertz CT molecular complexity index is 258. The summed E-state index contributed by atoms with van der Waals surface area (Å²) in [6, 6.07) is 0. The van der Waals surface area contributed by atoms with Crippen LogP contribution in [0, 0.1) is 5.92 Å². The maximum absolute atomic E-state index is 11.6. The van der Waals surface area contributed by atoms with Crippen molar-refractivity contribution in [1.82, 2.24) is 4.72 Å². The molecule has 0 radical (unpaired) electrons. The predicted molar refractivity (Wildman–Crippen MR) is 60.2 cm³/mol. The van der Waals surface area contributed by atoms with Crippen LogP contribution in [0.2, 0.25) is 0 Å². The van der Waals surface area contributed by atoms with Crippen LogP contribution < -0.4 is 4.72 Å². The third-order valence-corrected chi connectivity index (χ3v) is 4.36. The van der Waals surface area contributed by atoms with Crippen LogP contribution in [0.5, 0.6) is 0 Å².